The molecule has 48 heavy (non-hydrogen) atoms. The summed E-state index contributed by atoms with van der Waals surface area (Å²) < 4.78 is 6.73. The van der Waals surface area contributed by atoms with Crippen LogP contribution in [0.3, 0.4) is 0 Å². The lowest BCUT2D eigenvalue weighted by atomic mass is 9.87. The fourth-order valence-electron chi connectivity index (χ4n) is 5.34. The summed E-state index contributed by atoms with van der Waals surface area (Å²) in [7, 11) is 6.63. The van der Waals surface area contributed by atoms with Gasteiger partial charge in [0.15, 0.2) is 0 Å². The minimum absolute atomic E-state index is 0.715. The molecule has 4 heteroatoms. The van der Waals surface area contributed by atoms with E-state index in [1.165, 1.54) is 11.1 Å². The van der Waals surface area contributed by atoms with Crippen molar-refractivity contribution in [1.82, 2.24) is 0 Å². The van der Waals surface area contributed by atoms with Gasteiger partial charge < -0.3 is 14.6 Å². The molecule has 6 aromatic carbocycles. The van der Waals surface area contributed by atoms with E-state index in [-0.39, 0.29) is 0 Å². The van der Waals surface area contributed by atoms with Crippen molar-refractivity contribution in [2.75, 3.05) is 0 Å². The molecule has 0 aliphatic carbocycles. The average Bonchev–Trinajstić information content (AvgIpc) is 3.50. The standard InChI is InChI=1S/C36H23BO.C6H14O2.C2H6/c37-33-21-20-30(28-18-16-26(17-19-28)24-10-4-1-5-11-24)36-34(33)32-23-29(25-12-6-2-7-13-25)22-31(35(32)38-36)27-14-8-3-9-15-27;1-5(2,7)6(3,4)8;1-2/h1-23H;7-8H,1-4H3;1-2H3. The maximum absolute atomic E-state index is 9.10. The zero-order valence-electron chi connectivity index (χ0n) is 28.7. The van der Waals surface area contributed by atoms with Gasteiger partial charge in [0, 0.05) is 21.9 Å². The second kappa shape index (κ2) is 14.5. The minimum atomic E-state index is -1.01. The number of aliphatic hydroxyl groups is 2. The van der Waals surface area contributed by atoms with Crippen LogP contribution in [0.2, 0.25) is 0 Å². The van der Waals surface area contributed by atoms with Crippen LogP contribution in [0.15, 0.2) is 144 Å². The molecule has 0 saturated heterocycles. The molecule has 0 aliphatic heterocycles. The second-order valence-electron chi connectivity index (χ2n) is 12.7. The summed E-state index contributed by atoms with van der Waals surface area (Å²) in [6.45, 7) is 10.3. The molecule has 0 aliphatic rings. The summed E-state index contributed by atoms with van der Waals surface area (Å²) in [4.78, 5) is 0. The highest BCUT2D eigenvalue weighted by atomic mass is 16.3. The van der Waals surface area contributed by atoms with Gasteiger partial charge >= 0.3 is 0 Å². The smallest absolute Gasteiger partial charge is 0.143 e. The summed E-state index contributed by atoms with van der Waals surface area (Å²) >= 11 is 0. The Labute approximate surface area is 285 Å². The van der Waals surface area contributed by atoms with E-state index >= 15 is 0 Å². The van der Waals surface area contributed by atoms with Crippen molar-refractivity contribution in [2.45, 2.75) is 52.7 Å². The van der Waals surface area contributed by atoms with Crippen LogP contribution in [-0.4, -0.2) is 29.3 Å². The Morgan fingerprint density at radius 1 is 0.458 bits per heavy atom. The first-order valence-corrected chi connectivity index (χ1v) is 16.5. The van der Waals surface area contributed by atoms with Gasteiger partial charge in [-0.25, -0.2) is 0 Å². The van der Waals surface area contributed by atoms with Gasteiger partial charge in [0.2, 0.25) is 0 Å². The van der Waals surface area contributed by atoms with Crippen molar-refractivity contribution in [1.29, 1.82) is 0 Å². The zero-order chi connectivity index (χ0) is 34.5. The maximum atomic E-state index is 9.10. The van der Waals surface area contributed by atoms with E-state index in [4.69, 9.17) is 22.5 Å². The first kappa shape index (κ1) is 34.4. The van der Waals surface area contributed by atoms with E-state index in [0.29, 0.717) is 5.46 Å². The summed E-state index contributed by atoms with van der Waals surface area (Å²) in [5.74, 6) is 0. The van der Waals surface area contributed by atoms with Crippen molar-refractivity contribution in [2.24, 2.45) is 0 Å². The molecule has 2 N–H and O–H groups in total. The van der Waals surface area contributed by atoms with Crippen molar-refractivity contribution in [3.63, 3.8) is 0 Å². The van der Waals surface area contributed by atoms with Gasteiger partial charge in [0.05, 0.1) is 11.2 Å². The molecule has 2 radical (unpaired) electrons. The predicted octanol–water partition coefficient (Wildman–Crippen LogP) is 10.6. The van der Waals surface area contributed by atoms with Gasteiger partial charge in [-0.1, -0.05) is 147 Å². The van der Waals surface area contributed by atoms with Crippen molar-refractivity contribution in [3.05, 3.63) is 140 Å². The van der Waals surface area contributed by atoms with Crippen LogP contribution in [-0.2, 0) is 0 Å². The van der Waals surface area contributed by atoms with E-state index < -0.39 is 11.2 Å². The Morgan fingerprint density at radius 3 is 1.38 bits per heavy atom. The second-order valence-corrected chi connectivity index (χ2v) is 12.7. The monoisotopic (exact) mass is 630 g/mol. The van der Waals surface area contributed by atoms with E-state index in [9.17, 15) is 0 Å². The first-order chi connectivity index (χ1) is 23.0. The number of rotatable bonds is 5. The maximum Gasteiger partial charge on any atom is 0.143 e. The number of fused-ring (bicyclic) bond motifs is 3. The van der Waals surface area contributed by atoms with Gasteiger partial charge in [-0.05, 0) is 73.2 Å². The summed E-state index contributed by atoms with van der Waals surface area (Å²) in [6.07, 6.45) is 0. The third-order valence-electron chi connectivity index (χ3n) is 8.74. The SMILES string of the molecule is CC.CC(C)(O)C(C)(C)O.[B]c1ccc(-c2ccc(-c3ccccc3)cc2)c2oc3c(-c4ccccc4)cc(-c4ccccc4)cc3c12. The van der Waals surface area contributed by atoms with Gasteiger partial charge in [0.1, 0.15) is 19.0 Å². The van der Waals surface area contributed by atoms with Crippen LogP contribution >= 0.6 is 0 Å². The van der Waals surface area contributed by atoms with E-state index in [1.54, 1.807) is 27.7 Å². The molecule has 7 rings (SSSR count). The molecule has 0 saturated carbocycles. The third kappa shape index (κ3) is 7.31. The fraction of sp³-hybridized carbons (Fsp3) is 0.182. The molecule has 1 heterocycles. The normalized spacial score (nSPS) is 11.4. The van der Waals surface area contributed by atoms with E-state index in [2.05, 4.69) is 115 Å². The lowest BCUT2D eigenvalue weighted by molar-refractivity contribution is -0.107. The molecular weight excluding hydrogens is 587 g/mol. The number of hydrogen-bond donors (Lipinski definition) is 2. The van der Waals surface area contributed by atoms with Gasteiger partial charge in [-0.3, -0.25) is 0 Å². The molecule has 1 aromatic heterocycles. The molecule has 0 amide bonds. The summed E-state index contributed by atoms with van der Waals surface area (Å²) in [5.41, 5.74) is 9.35. The van der Waals surface area contributed by atoms with Crippen LogP contribution in [0.25, 0.3) is 66.4 Å². The Morgan fingerprint density at radius 2 is 0.875 bits per heavy atom. The lowest BCUT2D eigenvalue weighted by Crippen LogP contribution is -2.44. The topological polar surface area (TPSA) is 53.6 Å². The molecule has 0 fully saturated rings. The van der Waals surface area contributed by atoms with Crippen LogP contribution in [0.5, 0.6) is 0 Å². The zero-order valence-corrected chi connectivity index (χ0v) is 28.7. The number of furan rings is 1. The lowest BCUT2D eigenvalue weighted by Gasteiger charge is -2.31. The van der Waals surface area contributed by atoms with Crippen molar-refractivity contribution >= 4 is 35.2 Å². The Hall–Kier alpha value is -4.90. The highest BCUT2D eigenvalue weighted by molar-refractivity contribution is 6.42. The number of benzene rings is 6. The number of hydrogen-bond acceptors (Lipinski definition) is 3. The Balaban J connectivity index is 0.000000398. The summed E-state index contributed by atoms with van der Waals surface area (Å²) in [6, 6.07) is 48.5. The van der Waals surface area contributed by atoms with E-state index in [0.717, 1.165) is 55.3 Å². The minimum Gasteiger partial charge on any atom is -0.455 e. The molecule has 0 spiro atoms. The van der Waals surface area contributed by atoms with Crippen LogP contribution < -0.4 is 5.46 Å². The van der Waals surface area contributed by atoms with Crippen molar-refractivity contribution < 1.29 is 14.6 Å². The Bertz CT molecular complexity index is 2070. The largest absolute Gasteiger partial charge is 0.455 e. The molecule has 0 atom stereocenters. The molecule has 7 aromatic rings. The van der Waals surface area contributed by atoms with Crippen LogP contribution in [0.1, 0.15) is 41.5 Å². The molecular formula is C44H43BO3. The Kier molecular flexibility index (Phi) is 10.4. The fourth-order valence-corrected chi connectivity index (χ4v) is 5.34. The van der Waals surface area contributed by atoms with Crippen LogP contribution in [0.4, 0.5) is 0 Å². The van der Waals surface area contributed by atoms with Gasteiger partial charge in [-0.2, -0.15) is 0 Å². The highest BCUT2D eigenvalue weighted by Crippen LogP contribution is 2.42. The molecule has 0 bridgehead atoms. The molecule has 0 unspecified atom stereocenters. The summed E-state index contributed by atoms with van der Waals surface area (Å²) in [5, 5.41) is 20.2. The van der Waals surface area contributed by atoms with E-state index in [1.807, 2.05) is 38.1 Å². The average molecular weight is 631 g/mol. The third-order valence-corrected chi connectivity index (χ3v) is 8.74. The quantitative estimate of drug-likeness (QED) is 0.186. The predicted molar refractivity (Wildman–Crippen MR) is 205 cm³/mol. The van der Waals surface area contributed by atoms with Gasteiger partial charge in [0.25, 0.3) is 0 Å². The highest BCUT2D eigenvalue weighted by Gasteiger charge is 2.32. The van der Waals surface area contributed by atoms with Crippen molar-refractivity contribution in [3.8, 4) is 44.5 Å². The molecule has 240 valence electrons. The first-order valence-electron chi connectivity index (χ1n) is 16.5. The molecule has 3 nitrogen and oxygen atoms in total. The van der Waals surface area contributed by atoms with Crippen LogP contribution in [0, 0.1) is 0 Å². The van der Waals surface area contributed by atoms with Gasteiger partial charge in [-0.15, -0.1) is 0 Å².